The first kappa shape index (κ1) is 27.6. The van der Waals surface area contributed by atoms with Crippen LogP contribution in [0.3, 0.4) is 0 Å². The predicted molar refractivity (Wildman–Crippen MR) is 151 cm³/mol. The number of nitrogens with zero attached hydrogens (tertiary/aromatic N) is 3. The molecule has 0 N–H and O–H groups in total. The van der Waals surface area contributed by atoms with Gasteiger partial charge in [-0.2, -0.15) is 0 Å². The van der Waals surface area contributed by atoms with Crippen LogP contribution in [0, 0.1) is 0 Å². The summed E-state index contributed by atoms with van der Waals surface area (Å²) < 4.78 is 12.2. The van der Waals surface area contributed by atoms with Gasteiger partial charge in [0, 0.05) is 35.9 Å². The molecule has 1 unspecified atom stereocenters. The van der Waals surface area contributed by atoms with E-state index in [-0.39, 0.29) is 11.5 Å². The van der Waals surface area contributed by atoms with Crippen LogP contribution in [0.15, 0.2) is 71.5 Å². The van der Waals surface area contributed by atoms with Crippen molar-refractivity contribution in [3.8, 4) is 11.4 Å². The van der Waals surface area contributed by atoms with Crippen molar-refractivity contribution in [3.63, 3.8) is 0 Å². The Morgan fingerprint density at radius 2 is 1.71 bits per heavy atom. The largest absolute Gasteiger partial charge is 0.497 e. The van der Waals surface area contributed by atoms with E-state index in [0.717, 1.165) is 0 Å². The minimum absolute atomic E-state index is 0.218. The third-order valence-corrected chi connectivity index (χ3v) is 6.75. The molecule has 0 fully saturated rings. The molecule has 9 heteroatoms. The van der Waals surface area contributed by atoms with Crippen LogP contribution >= 0.6 is 23.2 Å². The van der Waals surface area contributed by atoms with Gasteiger partial charge in [-0.1, -0.05) is 42.3 Å². The van der Waals surface area contributed by atoms with Crippen LogP contribution in [0.1, 0.15) is 42.0 Å². The summed E-state index contributed by atoms with van der Waals surface area (Å²) in [5, 5.41) is 1.22. The molecule has 0 saturated heterocycles. The van der Waals surface area contributed by atoms with Crippen molar-refractivity contribution in [2.24, 2.45) is 0 Å². The van der Waals surface area contributed by atoms with Gasteiger partial charge in [0.25, 0.3) is 11.5 Å². The Balaban J connectivity index is 1.92. The molecular weight excluding hydrogens is 525 g/mol. The van der Waals surface area contributed by atoms with Crippen molar-refractivity contribution in [2.75, 3.05) is 27.4 Å². The van der Waals surface area contributed by atoms with Gasteiger partial charge in [0.15, 0.2) is 0 Å². The van der Waals surface area contributed by atoms with Gasteiger partial charge in [0.2, 0.25) is 0 Å². The number of halogens is 2. The van der Waals surface area contributed by atoms with Crippen LogP contribution in [-0.4, -0.2) is 47.7 Å². The molecule has 4 aromatic rings. The second-order valence-electron chi connectivity index (χ2n) is 8.75. The standard InChI is InChI=1S/C29H29Cl2N3O4/c1-4-26(33(14-7-15-37-2)28(35)19-16-20(30)18-21(31)17-19)27-32-25-9-6-5-8-24(25)29(36)34(27)22-10-12-23(38-3)13-11-22/h5-6,8-13,16-18,26H,4,7,14-15H2,1-3H3. The number of hydrogen-bond donors (Lipinski definition) is 0. The molecule has 0 aliphatic rings. The number of carbonyl (C=O) groups excluding carboxylic acids is 1. The average molecular weight is 554 g/mol. The van der Waals surface area contributed by atoms with E-state index in [2.05, 4.69) is 0 Å². The van der Waals surface area contributed by atoms with Crippen molar-refractivity contribution in [2.45, 2.75) is 25.8 Å². The molecule has 0 spiro atoms. The quantitative estimate of drug-likeness (QED) is 0.214. The lowest BCUT2D eigenvalue weighted by Crippen LogP contribution is -2.39. The van der Waals surface area contributed by atoms with E-state index in [1.165, 1.54) is 0 Å². The summed E-state index contributed by atoms with van der Waals surface area (Å²) in [5.74, 6) is 0.861. The number of amides is 1. The van der Waals surface area contributed by atoms with E-state index < -0.39 is 6.04 Å². The van der Waals surface area contributed by atoms with Gasteiger partial charge in [-0.25, -0.2) is 4.98 Å². The molecule has 1 amide bonds. The Labute approximate surface area is 231 Å². The molecule has 1 heterocycles. The Hall–Kier alpha value is -3.39. The number of methoxy groups -OCH3 is 2. The third-order valence-electron chi connectivity index (χ3n) is 6.31. The smallest absolute Gasteiger partial charge is 0.266 e. The van der Waals surface area contributed by atoms with Gasteiger partial charge in [0.05, 0.1) is 29.7 Å². The van der Waals surface area contributed by atoms with Gasteiger partial charge in [-0.3, -0.25) is 14.2 Å². The molecule has 7 nitrogen and oxygen atoms in total. The van der Waals surface area contributed by atoms with E-state index in [9.17, 15) is 9.59 Å². The van der Waals surface area contributed by atoms with E-state index in [1.54, 1.807) is 78.3 Å². The molecule has 0 aliphatic heterocycles. The van der Waals surface area contributed by atoms with Crippen molar-refractivity contribution in [1.29, 1.82) is 0 Å². The molecule has 1 aromatic heterocycles. The second kappa shape index (κ2) is 12.4. The molecular formula is C29H29Cl2N3O4. The zero-order chi connectivity index (χ0) is 27.2. The number of carbonyl (C=O) groups is 1. The summed E-state index contributed by atoms with van der Waals surface area (Å²) in [6.45, 7) is 2.81. The predicted octanol–water partition coefficient (Wildman–Crippen LogP) is 6.33. The van der Waals surface area contributed by atoms with Gasteiger partial charge in [0.1, 0.15) is 11.6 Å². The maximum absolute atomic E-state index is 13.9. The molecule has 38 heavy (non-hydrogen) atoms. The highest BCUT2D eigenvalue weighted by Gasteiger charge is 2.30. The zero-order valence-electron chi connectivity index (χ0n) is 21.5. The first-order valence-electron chi connectivity index (χ1n) is 12.3. The summed E-state index contributed by atoms with van der Waals surface area (Å²) in [4.78, 5) is 34.5. The van der Waals surface area contributed by atoms with Crippen molar-refractivity contribution in [3.05, 3.63) is 98.5 Å². The molecule has 3 aromatic carbocycles. The minimum atomic E-state index is -0.531. The first-order chi connectivity index (χ1) is 18.4. The lowest BCUT2D eigenvalue weighted by Gasteiger charge is -2.32. The lowest BCUT2D eigenvalue weighted by atomic mass is 10.1. The maximum Gasteiger partial charge on any atom is 0.266 e. The Morgan fingerprint density at radius 3 is 2.34 bits per heavy atom. The van der Waals surface area contributed by atoms with Crippen molar-refractivity contribution < 1.29 is 14.3 Å². The highest BCUT2D eigenvalue weighted by atomic mass is 35.5. The Bertz CT molecular complexity index is 1470. The van der Waals surface area contributed by atoms with Gasteiger partial charge in [-0.05, 0) is 67.4 Å². The molecule has 0 radical (unpaired) electrons. The molecule has 0 bridgehead atoms. The van der Waals surface area contributed by atoms with Gasteiger partial charge >= 0.3 is 0 Å². The highest BCUT2D eigenvalue weighted by Crippen LogP contribution is 2.29. The number of hydrogen-bond acceptors (Lipinski definition) is 5. The fourth-order valence-corrected chi connectivity index (χ4v) is 5.04. The third kappa shape index (κ3) is 5.85. The number of aromatic nitrogens is 2. The highest BCUT2D eigenvalue weighted by molar-refractivity contribution is 6.35. The topological polar surface area (TPSA) is 73.7 Å². The molecule has 198 valence electrons. The summed E-state index contributed by atoms with van der Waals surface area (Å²) in [6, 6.07) is 18.6. The van der Waals surface area contributed by atoms with Crippen molar-refractivity contribution >= 4 is 40.0 Å². The normalized spacial score (nSPS) is 11.9. The number of para-hydroxylation sites is 1. The van der Waals surface area contributed by atoms with Crippen LogP contribution in [0.4, 0.5) is 0 Å². The summed E-state index contributed by atoms with van der Waals surface area (Å²) >= 11 is 12.5. The molecule has 4 rings (SSSR count). The SMILES string of the molecule is CCC(c1nc2ccccc2c(=O)n1-c1ccc(OC)cc1)N(CCCOC)C(=O)c1cc(Cl)cc(Cl)c1. The van der Waals surface area contributed by atoms with Gasteiger partial charge in [-0.15, -0.1) is 0 Å². The van der Waals surface area contributed by atoms with Crippen LogP contribution < -0.4 is 10.3 Å². The zero-order valence-corrected chi connectivity index (χ0v) is 23.0. The van der Waals surface area contributed by atoms with E-state index in [4.69, 9.17) is 37.7 Å². The lowest BCUT2D eigenvalue weighted by molar-refractivity contribution is 0.0634. The average Bonchev–Trinajstić information content (AvgIpc) is 2.92. The van der Waals surface area contributed by atoms with Crippen LogP contribution in [-0.2, 0) is 4.74 Å². The first-order valence-corrected chi connectivity index (χ1v) is 13.1. The van der Waals surface area contributed by atoms with Crippen molar-refractivity contribution in [1.82, 2.24) is 14.5 Å². The number of ether oxygens (including phenoxy) is 2. The van der Waals surface area contributed by atoms with Crippen LogP contribution in [0.25, 0.3) is 16.6 Å². The Morgan fingerprint density at radius 1 is 1.03 bits per heavy atom. The molecule has 0 saturated carbocycles. The van der Waals surface area contributed by atoms with E-state index in [0.29, 0.717) is 69.8 Å². The molecule has 1 atom stereocenters. The summed E-state index contributed by atoms with van der Waals surface area (Å²) in [5.41, 5.74) is 1.32. The fourth-order valence-electron chi connectivity index (χ4n) is 4.52. The number of fused-ring (bicyclic) bond motifs is 1. The number of benzene rings is 3. The van der Waals surface area contributed by atoms with Gasteiger partial charge < -0.3 is 14.4 Å². The number of rotatable bonds is 10. The fraction of sp³-hybridized carbons (Fsp3) is 0.276. The van der Waals surface area contributed by atoms with E-state index >= 15 is 0 Å². The minimum Gasteiger partial charge on any atom is -0.497 e. The monoisotopic (exact) mass is 553 g/mol. The summed E-state index contributed by atoms with van der Waals surface area (Å²) in [6.07, 6.45) is 1.10. The van der Waals surface area contributed by atoms with Crippen LogP contribution in [0.5, 0.6) is 5.75 Å². The Kier molecular flexibility index (Phi) is 9.05. The van der Waals surface area contributed by atoms with E-state index in [1.807, 2.05) is 19.1 Å². The van der Waals surface area contributed by atoms with Crippen LogP contribution in [0.2, 0.25) is 10.0 Å². The second-order valence-corrected chi connectivity index (χ2v) is 9.63. The molecule has 0 aliphatic carbocycles. The summed E-state index contributed by atoms with van der Waals surface area (Å²) in [7, 11) is 3.20. The maximum atomic E-state index is 13.9.